The third kappa shape index (κ3) is 6.32. The van der Waals surface area contributed by atoms with Crippen LogP contribution < -0.4 is 5.06 Å². The van der Waals surface area contributed by atoms with Crippen molar-refractivity contribution in [1.29, 1.82) is 0 Å². The van der Waals surface area contributed by atoms with E-state index in [1.165, 1.54) is 25.7 Å². The van der Waals surface area contributed by atoms with Crippen molar-refractivity contribution in [2.45, 2.75) is 39.5 Å². The van der Waals surface area contributed by atoms with Gasteiger partial charge in [0.15, 0.2) is 13.1 Å². The molecule has 0 heterocycles. The van der Waals surface area contributed by atoms with E-state index in [9.17, 15) is 0 Å². The summed E-state index contributed by atoms with van der Waals surface area (Å²) >= 11 is 0. The van der Waals surface area contributed by atoms with Gasteiger partial charge >= 0.3 is 0 Å². The summed E-state index contributed by atoms with van der Waals surface area (Å²) in [5.41, 5.74) is 0. The molecule has 0 rings (SSSR count). The Morgan fingerprint density at radius 2 is 1.45 bits per heavy atom. The number of rotatable bonds is 7. The summed E-state index contributed by atoms with van der Waals surface area (Å²) in [6.07, 6.45) is 4.95. The van der Waals surface area contributed by atoms with E-state index < -0.39 is 0 Å². The second-order valence-corrected chi connectivity index (χ2v) is 2.82. The monoisotopic (exact) mass is 159 g/mol. The van der Waals surface area contributed by atoms with Gasteiger partial charge in [-0.15, -0.1) is 0 Å². The molecular weight excluding hydrogens is 138 g/mol. The standard InChI is InChI=1S/C9H21NO/c1-4-6-8-10(11-3)9-7-5-2/h4-9H2,1-3H3/q+1. The predicted molar refractivity (Wildman–Crippen MR) is 48.7 cm³/mol. The van der Waals surface area contributed by atoms with Crippen LogP contribution in [0, 0.1) is 0 Å². The SMILES string of the molecule is CCCC[N+](CCCC)OC. The first-order valence-corrected chi connectivity index (χ1v) is 4.64. The molecule has 0 N–H and O–H groups in total. The Morgan fingerprint density at radius 3 is 1.73 bits per heavy atom. The van der Waals surface area contributed by atoms with Gasteiger partial charge in [0.25, 0.3) is 0 Å². The van der Waals surface area contributed by atoms with Gasteiger partial charge in [-0.05, 0) is 5.06 Å². The minimum absolute atomic E-state index is 1.08. The quantitative estimate of drug-likeness (QED) is 0.411. The Kier molecular flexibility index (Phi) is 7.96. The van der Waals surface area contributed by atoms with Crippen molar-refractivity contribution >= 4 is 0 Å². The lowest BCUT2D eigenvalue weighted by Crippen LogP contribution is -2.30. The van der Waals surface area contributed by atoms with Crippen LogP contribution in [0.25, 0.3) is 0 Å². The lowest BCUT2D eigenvalue weighted by molar-refractivity contribution is -0.0377. The Balaban J connectivity index is 3.25. The highest BCUT2D eigenvalue weighted by atomic mass is 16.7. The Labute approximate surface area is 70.5 Å². The van der Waals surface area contributed by atoms with Crippen molar-refractivity contribution < 1.29 is 4.84 Å². The largest absolute Gasteiger partial charge is 0.160 e. The number of hydroxylamine groups is 2. The molecule has 11 heavy (non-hydrogen) atoms. The molecular formula is C9H21NO+. The maximum atomic E-state index is 5.19. The Hall–Kier alpha value is -0.0800. The van der Waals surface area contributed by atoms with Crippen LogP contribution in [-0.4, -0.2) is 20.2 Å². The second kappa shape index (κ2) is 8.02. The summed E-state index contributed by atoms with van der Waals surface area (Å²) in [6.45, 7) is 6.56. The minimum atomic E-state index is 1.08. The summed E-state index contributed by atoms with van der Waals surface area (Å²) in [5.74, 6) is 0. The molecule has 0 fully saturated rings. The fourth-order valence-electron chi connectivity index (χ4n) is 0.963. The molecule has 0 bridgehead atoms. The average Bonchev–Trinajstić information content (AvgIpc) is 2.05. The van der Waals surface area contributed by atoms with E-state index in [2.05, 4.69) is 13.8 Å². The lowest BCUT2D eigenvalue weighted by Gasteiger charge is -2.05. The van der Waals surface area contributed by atoms with E-state index in [1.807, 2.05) is 5.06 Å². The molecule has 0 saturated carbocycles. The number of nitrogens with zero attached hydrogens (tertiary/aromatic N) is 1. The zero-order valence-electron chi connectivity index (χ0n) is 8.10. The topological polar surface area (TPSA) is 15.1 Å². The van der Waals surface area contributed by atoms with Crippen LogP contribution in [-0.2, 0) is 4.84 Å². The maximum absolute atomic E-state index is 5.19. The molecule has 0 saturated heterocycles. The molecule has 0 aromatic heterocycles. The molecule has 0 aliphatic rings. The molecule has 0 aromatic rings. The van der Waals surface area contributed by atoms with Gasteiger partial charge in [0.2, 0.25) is 0 Å². The minimum Gasteiger partial charge on any atom is -0.152 e. The summed E-state index contributed by atoms with van der Waals surface area (Å²) in [6, 6.07) is 0. The normalized spacial score (nSPS) is 10.9. The highest BCUT2D eigenvalue weighted by Gasteiger charge is 2.12. The summed E-state index contributed by atoms with van der Waals surface area (Å²) in [4.78, 5) is 5.19. The molecule has 0 aromatic carbocycles. The van der Waals surface area contributed by atoms with Gasteiger partial charge in [-0.2, -0.15) is 4.84 Å². The van der Waals surface area contributed by atoms with Gasteiger partial charge in [0, 0.05) is 12.8 Å². The van der Waals surface area contributed by atoms with E-state index >= 15 is 0 Å². The third-order valence-corrected chi connectivity index (χ3v) is 1.78. The van der Waals surface area contributed by atoms with Crippen LogP contribution in [0.3, 0.4) is 0 Å². The van der Waals surface area contributed by atoms with Gasteiger partial charge in [-0.1, -0.05) is 26.7 Å². The predicted octanol–water partition coefficient (Wildman–Crippen LogP) is 2.29. The first kappa shape index (κ1) is 10.9. The van der Waals surface area contributed by atoms with Crippen LogP contribution in [0.4, 0.5) is 0 Å². The third-order valence-electron chi connectivity index (χ3n) is 1.78. The summed E-state index contributed by atoms with van der Waals surface area (Å²) in [5, 5.41) is 2.05. The van der Waals surface area contributed by atoms with Crippen LogP contribution in [0.5, 0.6) is 0 Å². The van der Waals surface area contributed by atoms with Crippen molar-refractivity contribution in [2.75, 3.05) is 20.2 Å². The first-order valence-electron chi connectivity index (χ1n) is 4.64. The van der Waals surface area contributed by atoms with Gasteiger partial charge in [0.1, 0.15) is 7.11 Å². The zero-order chi connectivity index (χ0) is 8.53. The molecule has 67 valence electrons. The number of hydrogen-bond donors (Lipinski definition) is 0. The van der Waals surface area contributed by atoms with Crippen LogP contribution in [0.1, 0.15) is 39.5 Å². The van der Waals surface area contributed by atoms with Crippen LogP contribution >= 0.6 is 0 Å². The Bertz CT molecular complexity index is 68.0. The van der Waals surface area contributed by atoms with Crippen molar-refractivity contribution in [3.8, 4) is 0 Å². The van der Waals surface area contributed by atoms with Crippen LogP contribution in [0.2, 0.25) is 0 Å². The summed E-state index contributed by atoms with van der Waals surface area (Å²) < 4.78 is 0. The summed E-state index contributed by atoms with van der Waals surface area (Å²) in [7, 11) is 1.76. The van der Waals surface area contributed by atoms with E-state index in [0.717, 1.165) is 13.1 Å². The van der Waals surface area contributed by atoms with E-state index in [-0.39, 0.29) is 0 Å². The van der Waals surface area contributed by atoms with E-state index in [0.29, 0.717) is 0 Å². The van der Waals surface area contributed by atoms with E-state index in [4.69, 9.17) is 4.84 Å². The van der Waals surface area contributed by atoms with Gasteiger partial charge in [-0.3, -0.25) is 0 Å². The molecule has 0 spiro atoms. The van der Waals surface area contributed by atoms with Crippen molar-refractivity contribution in [3.05, 3.63) is 0 Å². The molecule has 2 nitrogen and oxygen atoms in total. The fraction of sp³-hybridized carbons (Fsp3) is 1.00. The van der Waals surface area contributed by atoms with Crippen molar-refractivity contribution in [3.63, 3.8) is 0 Å². The molecule has 2 heteroatoms. The molecule has 0 aliphatic heterocycles. The lowest BCUT2D eigenvalue weighted by atomic mass is 10.3. The number of hydrogen-bond acceptors (Lipinski definition) is 2. The van der Waals surface area contributed by atoms with Crippen molar-refractivity contribution in [2.24, 2.45) is 0 Å². The zero-order valence-corrected chi connectivity index (χ0v) is 8.10. The molecule has 1 radical (unpaired) electrons. The average molecular weight is 159 g/mol. The Morgan fingerprint density at radius 1 is 1.00 bits per heavy atom. The first-order chi connectivity index (χ1) is 5.35. The molecule has 0 aliphatic carbocycles. The van der Waals surface area contributed by atoms with Gasteiger partial charge in [-0.25, -0.2) is 0 Å². The molecule has 0 atom stereocenters. The fourth-order valence-corrected chi connectivity index (χ4v) is 0.963. The number of unbranched alkanes of at least 4 members (excludes halogenated alkanes) is 2. The highest BCUT2D eigenvalue weighted by Crippen LogP contribution is 1.95. The van der Waals surface area contributed by atoms with E-state index in [1.54, 1.807) is 7.11 Å². The molecule has 0 unspecified atom stereocenters. The molecule has 0 amide bonds. The maximum Gasteiger partial charge on any atom is 0.160 e. The van der Waals surface area contributed by atoms with Crippen LogP contribution in [0.15, 0.2) is 0 Å². The second-order valence-electron chi connectivity index (χ2n) is 2.82. The van der Waals surface area contributed by atoms with Gasteiger partial charge in [0.05, 0.1) is 0 Å². The van der Waals surface area contributed by atoms with Crippen molar-refractivity contribution in [1.82, 2.24) is 5.06 Å². The highest BCUT2D eigenvalue weighted by molar-refractivity contribution is 4.51. The smallest absolute Gasteiger partial charge is 0.152 e. The van der Waals surface area contributed by atoms with Gasteiger partial charge < -0.3 is 0 Å².